The molecule has 2 saturated heterocycles. The SMILES string of the molecule is O=C(NS(=O)(=O)c1ccc(NC[C@H]2COCCO2)c([N+](=O)[O-])c1)c1ccc(N2CCN(CC3=C(c4ccc(Cl)cc4)CC4(CCC4)CC3)CC2)nc1N1CCCOc2nc3[nH]ccc3cc21. The van der Waals surface area contributed by atoms with Gasteiger partial charge < -0.3 is 34.3 Å². The van der Waals surface area contributed by atoms with Crippen LogP contribution in [0.25, 0.3) is 16.6 Å². The van der Waals surface area contributed by atoms with Crippen molar-refractivity contribution in [3.63, 3.8) is 0 Å². The second-order valence-corrected chi connectivity index (χ2v) is 19.9. The second-order valence-electron chi connectivity index (χ2n) is 17.8. The number of nitrogens with one attached hydrogen (secondary N) is 3. The van der Waals surface area contributed by atoms with Gasteiger partial charge >= 0.3 is 0 Å². The predicted molar refractivity (Wildman–Crippen MR) is 251 cm³/mol. The van der Waals surface area contributed by atoms with E-state index in [0.29, 0.717) is 80.9 Å². The number of ether oxygens (including phenoxy) is 3. The van der Waals surface area contributed by atoms with Gasteiger partial charge in [-0.25, -0.2) is 18.1 Å². The van der Waals surface area contributed by atoms with Crippen molar-refractivity contribution in [1.82, 2.24) is 24.6 Å². The van der Waals surface area contributed by atoms with Crippen molar-refractivity contribution in [2.45, 2.75) is 55.9 Å². The molecule has 1 spiro atoms. The number of fused-ring (bicyclic) bond motifs is 2. The Labute approximate surface area is 387 Å². The number of piperazine rings is 1. The van der Waals surface area contributed by atoms with E-state index in [1.807, 2.05) is 29.2 Å². The number of H-pyrrole nitrogens is 1. The van der Waals surface area contributed by atoms with Crippen LogP contribution in [0.5, 0.6) is 5.88 Å². The van der Waals surface area contributed by atoms with E-state index >= 15 is 0 Å². The number of sulfonamides is 1. The van der Waals surface area contributed by atoms with E-state index in [2.05, 4.69) is 37.0 Å². The number of aromatic amines is 1. The predicted octanol–water partition coefficient (Wildman–Crippen LogP) is 7.32. The van der Waals surface area contributed by atoms with E-state index < -0.39 is 31.4 Å². The number of nitro groups is 1. The highest BCUT2D eigenvalue weighted by Crippen LogP contribution is 2.55. The third kappa shape index (κ3) is 9.16. The normalized spacial score (nSPS) is 20.0. The summed E-state index contributed by atoms with van der Waals surface area (Å²) in [6.45, 7) is 6.05. The lowest BCUT2D eigenvalue weighted by molar-refractivity contribution is -0.384. The fraction of sp³-hybridized carbons (Fsp3) is 0.426. The summed E-state index contributed by atoms with van der Waals surface area (Å²) < 4.78 is 47.2. The topological polar surface area (TPSA) is 197 Å². The molecule has 3 N–H and O–H groups in total. The van der Waals surface area contributed by atoms with Crippen molar-refractivity contribution in [3.8, 4) is 5.88 Å². The molecule has 346 valence electrons. The van der Waals surface area contributed by atoms with Gasteiger partial charge in [0, 0.05) is 68.5 Å². The van der Waals surface area contributed by atoms with Gasteiger partial charge in [-0.2, -0.15) is 4.98 Å². The number of allylic oxidation sites excluding steroid dienone is 1. The highest BCUT2D eigenvalue weighted by Gasteiger charge is 2.41. The molecule has 2 aromatic carbocycles. The number of carbonyl (C=O) groups excluding carboxylic acids is 1. The zero-order valence-electron chi connectivity index (χ0n) is 36.5. The van der Waals surface area contributed by atoms with Crippen LogP contribution in [0.3, 0.4) is 0 Å². The first-order valence-corrected chi connectivity index (χ1v) is 24.5. The molecular weight excluding hydrogens is 886 g/mol. The van der Waals surface area contributed by atoms with Crippen molar-refractivity contribution < 1.29 is 32.3 Å². The Bertz CT molecular complexity index is 2780. The molecular formula is C47H52ClN9O8S. The Balaban J connectivity index is 0.916. The van der Waals surface area contributed by atoms with E-state index in [1.54, 1.807) is 18.3 Å². The summed E-state index contributed by atoms with van der Waals surface area (Å²) in [5.74, 6) is 0.275. The van der Waals surface area contributed by atoms with Crippen molar-refractivity contribution in [1.29, 1.82) is 0 Å². The lowest BCUT2D eigenvalue weighted by Crippen LogP contribution is -2.47. The number of amides is 1. The van der Waals surface area contributed by atoms with E-state index in [4.69, 9.17) is 35.8 Å². The van der Waals surface area contributed by atoms with Gasteiger partial charge in [0.25, 0.3) is 21.6 Å². The van der Waals surface area contributed by atoms with Gasteiger partial charge in [-0.3, -0.25) is 19.8 Å². The largest absolute Gasteiger partial charge is 0.476 e. The monoisotopic (exact) mass is 937 g/mol. The molecule has 0 radical (unpaired) electrons. The zero-order valence-corrected chi connectivity index (χ0v) is 38.0. The standard InChI is InChI=1S/C47H52ClN9O8S/c48-34-5-3-31(4-6-34)38-27-47(13-1-14-47)15-11-33(38)29-54-18-20-55(21-19-54)42-10-8-37(44(51-42)56-17-2-22-65-46-41(56)25-32-12-16-49-43(32)52-46)45(58)53-66(61,62)36-7-9-39(40(26-36)57(59)60)50-28-35-30-63-23-24-64-35/h3-10,12,16,25-26,35,50H,1-2,11,13-15,17-24,27-30H2,(H,49,52)(H,53,58)/t35-/m0/s1. The van der Waals surface area contributed by atoms with Gasteiger partial charge in [-0.1, -0.05) is 35.7 Å². The van der Waals surface area contributed by atoms with Crippen molar-refractivity contribution in [2.24, 2.45) is 5.41 Å². The first kappa shape index (κ1) is 44.1. The van der Waals surface area contributed by atoms with Gasteiger partial charge in [0.05, 0.1) is 47.9 Å². The number of rotatable bonds is 12. The minimum Gasteiger partial charge on any atom is -0.476 e. The number of hydrogen-bond acceptors (Lipinski definition) is 14. The molecule has 3 fully saturated rings. The molecule has 1 saturated carbocycles. The summed E-state index contributed by atoms with van der Waals surface area (Å²) in [5, 5.41) is 16.7. The molecule has 1 atom stereocenters. The number of halogens is 1. The smallest absolute Gasteiger partial charge is 0.293 e. The van der Waals surface area contributed by atoms with Gasteiger partial charge in [0.2, 0.25) is 5.88 Å². The zero-order chi connectivity index (χ0) is 45.4. The molecule has 5 aliphatic rings. The molecule has 0 bridgehead atoms. The molecule has 2 aliphatic carbocycles. The van der Waals surface area contributed by atoms with Crippen LogP contribution < -0.4 is 24.6 Å². The summed E-state index contributed by atoms with van der Waals surface area (Å²) in [5.41, 5.74) is 5.51. The number of carbonyl (C=O) groups is 1. The molecule has 3 aliphatic heterocycles. The Morgan fingerprint density at radius 2 is 1.79 bits per heavy atom. The Kier molecular flexibility index (Phi) is 12.3. The Hall–Kier alpha value is -5.79. The summed E-state index contributed by atoms with van der Waals surface area (Å²) >= 11 is 6.30. The average Bonchev–Trinajstić information content (AvgIpc) is 3.68. The lowest BCUT2D eigenvalue weighted by Gasteiger charge is -2.47. The van der Waals surface area contributed by atoms with Crippen LogP contribution in [0.2, 0.25) is 5.02 Å². The summed E-state index contributed by atoms with van der Waals surface area (Å²) in [6, 6.07) is 18.9. The molecule has 3 aromatic heterocycles. The summed E-state index contributed by atoms with van der Waals surface area (Å²) in [6.07, 6.45) is 9.38. The number of nitrogens with zero attached hydrogens (tertiary/aromatic N) is 6. The molecule has 17 nitrogen and oxygen atoms in total. The average molecular weight is 939 g/mol. The lowest BCUT2D eigenvalue weighted by atomic mass is 9.59. The highest BCUT2D eigenvalue weighted by molar-refractivity contribution is 7.90. The maximum atomic E-state index is 14.3. The number of nitro benzene ring substituents is 1. The summed E-state index contributed by atoms with van der Waals surface area (Å²) in [7, 11) is -4.62. The Morgan fingerprint density at radius 3 is 2.55 bits per heavy atom. The van der Waals surface area contributed by atoms with Crippen LogP contribution in [-0.4, -0.2) is 117 Å². The quantitative estimate of drug-likeness (QED) is 0.0831. The minimum atomic E-state index is -4.62. The van der Waals surface area contributed by atoms with Crippen molar-refractivity contribution in [2.75, 3.05) is 87.4 Å². The molecule has 6 heterocycles. The van der Waals surface area contributed by atoms with Crippen LogP contribution in [0, 0.1) is 15.5 Å². The number of anilines is 4. The van der Waals surface area contributed by atoms with E-state index in [9.17, 15) is 23.3 Å². The van der Waals surface area contributed by atoms with Gasteiger partial charge in [0.1, 0.15) is 28.7 Å². The molecule has 0 unspecified atom stereocenters. The third-order valence-electron chi connectivity index (χ3n) is 13.7. The van der Waals surface area contributed by atoms with E-state index in [0.717, 1.165) is 49.0 Å². The van der Waals surface area contributed by atoms with Gasteiger partial charge in [-0.05, 0) is 104 Å². The number of pyridine rings is 2. The van der Waals surface area contributed by atoms with Crippen LogP contribution in [0.15, 0.2) is 83.4 Å². The molecule has 1 amide bonds. The molecule has 66 heavy (non-hydrogen) atoms. The van der Waals surface area contributed by atoms with Crippen molar-refractivity contribution in [3.05, 3.63) is 105 Å². The number of aromatic nitrogens is 3. The third-order valence-corrected chi connectivity index (χ3v) is 15.2. The van der Waals surface area contributed by atoms with Crippen molar-refractivity contribution >= 4 is 72.8 Å². The minimum absolute atomic E-state index is 0.00587. The maximum absolute atomic E-state index is 14.3. The molecule has 10 rings (SSSR count). The number of benzene rings is 2. The second kappa shape index (κ2) is 18.5. The van der Waals surface area contributed by atoms with Crippen LogP contribution in [0.4, 0.5) is 28.7 Å². The first-order chi connectivity index (χ1) is 32.0. The number of hydrogen-bond donors (Lipinski definition) is 3. The van der Waals surface area contributed by atoms with Crippen LogP contribution in [0.1, 0.15) is 60.9 Å². The fourth-order valence-corrected chi connectivity index (χ4v) is 11.0. The fourth-order valence-electron chi connectivity index (χ4n) is 9.87. The van der Waals surface area contributed by atoms with E-state index in [-0.39, 0.29) is 29.7 Å². The van der Waals surface area contributed by atoms with Gasteiger partial charge in [-0.15, -0.1) is 0 Å². The summed E-state index contributed by atoms with van der Waals surface area (Å²) in [4.78, 5) is 45.0. The van der Waals surface area contributed by atoms with E-state index in [1.165, 1.54) is 54.5 Å². The molecule has 19 heteroatoms. The first-order valence-electron chi connectivity index (χ1n) is 22.6. The Morgan fingerprint density at radius 1 is 0.955 bits per heavy atom. The van der Waals surface area contributed by atoms with Crippen LogP contribution in [-0.2, 0) is 19.5 Å². The highest BCUT2D eigenvalue weighted by atomic mass is 35.5. The maximum Gasteiger partial charge on any atom is 0.293 e. The molecule has 5 aromatic rings. The van der Waals surface area contributed by atoms with Gasteiger partial charge in [0.15, 0.2) is 0 Å². The van der Waals surface area contributed by atoms with Crippen LogP contribution >= 0.6 is 11.6 Å².